The first-order valence-corrected chi connectivity index (χ1v) is 14.1. The van der Waals surface area contributed by atoms with Gasteiger partial charge in [-0.15, -0.1) is 11.6 Å². The minimum atomic E-state index is -0.261. The molecule has 1 saturated heterocycles. The quantitative estimate of drug-likeness (QED) is 0.301. The van der Waals surface area contributed by atoms with Crippen molar-refractivity contribution in [1.29, 1.82) is 0 Å². The van der Waals surface area contributed by atoms with Gasteiger partial charge in [0, 0.05) is 23.9 Å². The largest absolute Gasteiger partial charge is 0.352 e. The van der Waals surface area contributed by atoms with E-state index in [1.54, 1.807) is 11.8 Å². The summed E-state index contributed by atoms with van der Waals surface area (Å²) in [5.74, 6) is 0.532. The van der Waals surface area contributed by atoms with Gasteiger partial charge in [0.25, 0.3) is 0 Å². The minimum absolute atomic E-state index is 0.0962. The lowest BCUT2D eigenvalue weighted by Crippen LogP contribution is -2.57. The molecule has 5 unspecified atom stereocenters. The Morgan fingerprint density at radius 2 is 1.67 bits per heavy atom. The molecule has 1 N–H and O–H groups in total. The summed E-state index contributed by atoms with van der Waals surface area (Å²) >= 11 is 8.29. The molecular formula is C30H30ClN3OS. The highest BCUT2D eigenvalue weighted by Crippen LogP contribution is 2.47. The molecule has 2 aliphatic rings. The van der Waals surface area contributed by atoms with E-state index >= 15 is 0 Å². The summed E-state index contributed by atoms with van der Waals surface area (Å²) in [6.07, 6.45) is 3.73. The zero-order valence-corrected chi connectivity index (χ0v) is 21.7. The molecule has 1 saturated carbocycles. The van der Waals surface area contributed by atoms with Gasteiger partial charge < -0.3 is 9.88 Å². The predicted molar refractivity (Wildman–Crippen MR) is 148 cm³/mol. The monoisotopic (exact) mass is 515 g/mol. The summed E-state index contributed by atoms with van der Waals surface area (Å²) in [5.41, 5.74) is 4.59. The number of hydrogen-bond donors (Lipinski definition) is 1. The van der Waals surface area contributed by atoms with Crippen LogP contribution in [0.5, 0.6) is 0 Å². The number of aryl methyl sites for hydroxylation is 2. The van der Waals surface area contributed by atoms with E-state index in [9.17, 15) is 4.79 Å². The molecule has 1 aliphatic carbocycles. The van der Waals surface area contributed by atoms with Crippen molar-refractivity contribution in [2.75, 3.05) is 0 Å². The molecular weight excluding hydrogens is 486 g/mol. The number of para-hydroxylation sites is 2. The van der Waals surface area contributed by atoms with Gasteiger partial charge in [-0.05, 0) is 54.9 Å². The van der Waals surface area contributed by atoms with Crippen LogP contribution in [0.15, 0.2) is 90.1 Å². The number of piperidine rings is 1. The number of imidazole rings is 1. The fourth-order valence-electron chi connectivity index (χ4n) is 5.96. The van der Waals surface area contributed by atoms with Crippen LogP contribution in [0.25, 0.3) is 11.0 Å². The topological polar surface area (TPSA) is 46.9 Å². The van der Waals surface area contributed by atoms with Crippen molar-refractivity contribution >= 4 is 40.3 Å². The van der Waals surface area contributed by atoms with E-state index in [0.717, 1.165) is 48.4 Å². The summed E-state index contributed by atoms with van der Waals surface area (Å²) in [7, 11) is 0. The number of nitrogens with zero attached hydrogens (tertiary/aromatic N) is 2. The van der Waals surface area contributed by atoms with E-state index in [-0.39, 0.29) is 28.5 Å². The number of nitrogens with one attached hydrogen (secondary N) is 1. The first-order valence-electron chi connectivity index (χ1n) is 12.8. The molecule has 3 aromatic carbocycles. The van der Waals surface area contributed by atoms with E-state index in [1.807, 2.05) is 18.2 Å². The molecule has 2 fully saturated rings. The number of aromatic nitrogens is 2. The van der Waals surface area contributed by atoms with Crippen molar-refractivity contribution < 1.29 is 4.79 Å². The van der Waals surface area contributed by atoms with Crippen LogP contribution in [0.3, 0.4) is 0 Å². The van der Waals surface area contributed by atoms with E-state index in [0.29, 0.717) is 5.92 Å². The Kier molecular flexibility index (Phi) is 6.77. The summed E-state index contributed by atoms with van der Waals surface area (Å²) < 4.78 is 2.29. The summed E-state index contributed by atoms with van der Waals surface area (Å²) in [6, 6.07) is 29.5. The SMILES string of the molecule is O=C1NC2CCC(Cl)CC2C(c2ccccc2)C1Sc1nc2ccccc2n1CCc1ccccc1. The number of thioether (sulfide) groups is 1. The molecule has 184 valence electrons. The van der Waals surface area contributed by atoms with Crippen LogP contribution in [0.1, 0.15) is 36.3 Å². The molecule has 1 aliphatic heterocycles. The standard InChI is InChI=1S/C30H30ClN3OS/c31-22-15-16-24-23(19-22)27(21-11-5-2-6-12-21)28(29(35)32-24)36-30-33-25-13-7-8-14-26(25)34(30)18-17-20-9-3-1-4-10-20/h1-14,22-24,27-28H,15-19H2,(H,32,35). The molecule has 4 nitrogen and oxygen atoms in total. The summed E-state index contributed by atoms with van der Waals surface area (Å²) in [6.45, 7) is 0.813. The normalized spacial score (nSPS) is 25.9. The lowest BCUT2D eigenvalue weighted by Gasteiger charge is -2.46. The molecule has 5 atom stereocenters. The van der Waals surface area contributed by atoms with Crippen LogP contribution >= 0.6 is 23.4 Å². The number of carbonyl (C=O) groups is 1. The molecule has 0 bridgehead atoms. The Hall–Kier alpha value is -2.76. The van der Waals surface area contributed by atoms with Gasteiger partial charge in [0.05, 0.1) is 16.3 Å². The van der Waals surface area contributed by atoms with Crippen LogP contribution in [0, 0.1) is 5.92 Å². The number of halogens is 1. The lowest BCUT2D eigenvalue weighted by molar-refractivity contribution is -0.125. The fourth-order valence-corrected chi connectivity index (χ4v) is 7.67. The van der Waals surface area contributed by atoms with Crippen molar-refractivity contribution in [1.82, 2.24) is 14.9 Å². The second-order valence-electron chi connectivity index (χ2n) is 9.93. The average Bonchev–Trinajstić information content (AvgIpc) is 3.26. The van der Waals surface area contributed by atoms with Crippen LogP contribution in [-0.2, 0) is 17.8 Å². The third-order valence-corrected chi connectivity index (χ3v) is 9.39. The van der Waals surface area contributed by atoms with Crippen LogP contribution < -0.4 is 5.32 Å². The number of amides is 1. The maximum absolute atomic E-state index is 13.6. The Bertz CT molecular complexity index is 1340. The number of alkyl halides is 1. The summed E-state index contributed by atoms with van der Waals surface area (Å²) in [4.78, 5) is 18.6. The second kappa shape index (κ2) is 10.3. The highest BCUT2D eigenvalue weighted by atomic mass is 35.5. The first-order chi connectivity index (χ1) is 17.7. The van der Waals surface area contributed by atoms with E-state index in [1.165, 1.54) is 11.1 Å². The zero-order valence-electron chi connectivity index (χ0n) is 20.1. The van der Waals surface area contributed by atoms with Crippen LogP contribution in [0.4, 0.5) is 0 Å². The maximum atomic E-state index is 13.6. The second-order valence-corrected chi connectivity index (χ2v) is 11.7. The Labute approximate surface area is 221 Å². The molecule has 6 heteroatoms. The van der Waals surface area contributed by atoms with Crippen molar-refractivity contribution in [3.05, 3.63) is 96.1 Å². The number of hydrogen-bond acceptors (Lipinski definition) is 3. The van der Waals surface area contributed by atoms with Gasteiger partial charge in [-0.25, -0.2) is 4.98 Å². The van der Waals surface area contributed by atoms with E-state index < -0.39 is 0 Å². The Morgan fingerprint density at radius 1 is 0.944 bits per heavy atom. The minimum Gasteiger partial charge on any atom is -0.352 e. The van der Waals surface area contributed by atoms with Gasteiger partial charge in [-0.3, -0.25) is 4.79 Å². The smallest absolute Gasteiger partial charge is 0.234 e. The molecule has 1 aromatic heterocycles. The van der Waals surface area contributed by atoms with Gasteiger partial charge in [0.1, 0.15) is 0 Å². The number of fused-ring (bicyclic) bond motifs is 2. The third kappa shape index (κ3) is 4.67. The molecule has 0 radical (unpaired) electrons. The Balaban J connectivity index is 1.37. The number of carbonyl (C=O) groups excluding carboxylic acids is 1. The van der Waals surface area contributed by atoms with E-state index in [2.05, 4.69) is 76.6 Å². The zero-order chi connectivity index (χ0) is 24.5. The van der Waals surface area contributed by atoms with Gasteiger partial charge in [-0.2, -0.15) is 0 Å². The lowest BCUT2D eigenvalue weighted by atomic mass is 9.69. The molecule has 1 amide bonds. The van der Waals surface area contributed by atoms with Gasteiger partial charge in [-0.1, -0.05) is 84.6 Å². The summed E-state index contributed by atoms with van der Waals surface area (Å²) in [5, 5.41) is 4.17. The fraction of sp³-hybridized carbons (Fsp3) is 0.333. The van der Waals surface area contributed by atoms with Crippen LogP contribution in [0.2, 0.25) is 0 Å². The first kappa shape index (κ1) is 23.6. The van der Waals surface area contributed by atoms with Crippen molar-refractivity contribution in [2.24, 2.45) is 5.92 Å². The van der Waals surface area contributed by atoms with Crippen molar-refractivity contribution in [3.8, 4) is 0 Å². The molecule has 0 spiro atoms. The van der Waals surface area contributed by atoms with Gasteiger partial charge in [0.15, 0.2) is 5.16 Å². The third-order valence-electron chi connectivity index (χ3n) is 7.71. The van der Waals surface area contributed by atoms with E-state index in [4.69, 9.17) is 16.6 Å². The van der Waals surface area contributed by atoms with Crippen molar-refractivity contribution in [2.45, 2.75) is 60.0 Å². The van der Waals surface area contributed by atoms with Crippen LogP contribution in [-0.4, -0.2) is 32.1 Å². The average molecular weight is 516 g/mol. The van der Waals surface area contributed by atoms with Crippen molar-refractivity contribution in [3.63, 3.8) is 0 Å². The molecule has 36 heavy (non-hydrogen) atoms. The molecule has 2 heterocycles. The highest BCUT2D eigenvalue weighted by molar-refractivity contribution is 8.00. The van der Waals surface area contributed by atoms with Gasteiger partial charge in [0.2, 0.25) is 5.91 Å². The highest BCUT2D eigenvalue weighted by Gasteiger charge is 2.47. The molecule has 4 aromatic rings. The maximum Gasteiger partial charge on any atom is 0.234 e. The molecule has 6 rings (SSSR count). The number of rotatable bonds is 6. The predicted octanol–water partition coefficient (Wildman–Crippen LogP) is 6.43. The van der Waals surface area contributed by atoms with Gasteiger partial charge >= 0.3 is 0 Å². The number of benzene rings is 3. The Morgan fingerprint density at radius 3 is 2.47 bits per heavy atom.